The molecule has 0 radical (unpaired) electrons. The lowest BCUT2D eigenvalue weighted by molar-refractivity contribution is -0.150. The molecule has 1 atom stereocenters. The first kappa shape index (κ1) is 20.9. The Balaban J connectivity index is 1.61. The minimum atomic E-state index is -1.11. The number of ketones is 1. The van der Waals surface area contributed by atoms with Crippen molar-refractivity contribution in [3.05, 3.63) is 65.2 Å². The van der Waals surface area contributed by atoms with Gasteiger partial charge in [-0.25, -0.2) is 0 Å². The van der Waals surface area contributed by atoms with Crippen molar-refractivity contribution in [3.63, 3.8) is 0 Å². The van der Waals surface area contributed by atoms with Gasteiger partial charge in [-0.15, -0.1) is 0 Å². The fraction of sp³-hybridized carbons (Fsp3) is 0.227. The highest BCUT2D eigenvalue weighted by atomic mass is 16.5. The van der Waals surface area contributed by atoms with Crippen LogP contribution >= 0.6 is 0 Å². The smallest absolute Gasteiger partial charge is 0.326 e. The number of hydrogen-bond acceptors (Lipinski definition) is 6. The molecule has 8 nitrogen and oxygen atoms in total. The lowest BCUT2D eigenvalue weighted by Gasteiger charge is -2.26. The topological polar surface area (TPSA) is 110 Å². The Kier molecular flexibility index (Phi) is 6.06. The third-order valence-electron chi connectivity index (χ3n) is 4.59. The number of Topliss-reactive ketones (excluding diaryl/α,β-unsaturated/α-hetero) is 1. The van der Waals surface area contributed by atoms with Crippen LogP contribution in [-0.4, -0.2) is 47.0 Å². The normalized spacial score (nSPS) is 14.0. The van der Waals surface area contributed by atoms with E-state index in [0.29, 0.717) is 22.4 Å². The minimum absolute atomic E-state index is 0.0182. The van der Waals surface area contributed by atoms with E-state index in [1.807, 2.05) is 0 Å². The number of fused-ring (bicyclic) bond motifs is 1. The summed E-state index contributed by atoms with van der Waals surface area (Å²) in [6.07, 6.45) is -1.09. The fourth-order valence-electron chi connectivity index (χ4n) is 3.13. The monoisotopic (exact) mass is 408 g/mol. The Morgan fingerprint density at radius 3 is 2.40 bits per heavy atom. The number of rotatable bonds is 6. The van der Waals surface area contributed by atoms with Crippen LogP contribution in [0.25, 0.3) is 0 Å². The average molecular weight is 408 g/mol. The van der Waals surface area contributed by atoms with Gasteiger partial charge in [-0.2, -0.15) is 0 Å². The largest absolute Gasteiger partial charge is 0.453 e. The van der Waals surface area contributed by atoms with Gasteiger partial charge in [0, 0.05) is 23.7 Å². The second kappa shape index (κ2) is 8.69. The molecule has 2 aromatic rings. The third-order valence-corrected chi connectivity index (χ3v) is 4.59. The molecule has 0 spiro atoms. The molecule has 3 rings (SSSR count). The van der Waals surface area contributed by atoms with Crippen molar-refractivity contribution in [2.75, 3.05) is 11.9 Å². The van der Waals surface area contributed by atoms with E-state index in [9.17, 15) is 24.0 Å². The van der Waals surface area contributed by atoms with Crippen molar-refractivity contribution < 1.29 is 28.7 Å². The maximum atomic E-state index is 12.5. The minimum Gasteiger partial charge on any atom is -0.453 e. The average Bonchev–Trinajstić information content (AvgIpc) is 2.70. The number of nitrogens with zero attached hydrogens (tertiary/aromatic N) is 1. The molecule has 0 bridgehead atoms. The quantitative estimate of drug-likeness (QED) is 0.445. The van der Waals surface area contributed by atoms with Crippen molar-refractivity contribution in [1.29, 1.82) is 0 Å². The number of benzene rings is 2. The van der Waals surface area contributed by atoms with Gasteiger partial charge in [0.15, 0.2) is 6.10 Å². The SMILES string of the molecule is CC(=O)Nc1ccc(C(=O)[C@H](C)OC(=O)CN2C(=O)Cc3ccccc3C2=O)cc1. The molecule has 2 aromatic carbocycles. The lowest BCUT2D eigenvalue weighted by Crippen LogP contribution is -2.46. The van der Waals surface area contributed by atoms with Crippen molar-refractivity contribution in [2.45, 2.75) is 26.4 Å². The molecule has 0 aliphatic carbocycles. The van der Waals surface area contributed by atoms with Crippen molar-refractivity contribution in [1.82, 2.24) is 4.90 Å². The zero-order chi connectivity index (χ0) is 21.8. The van der Waals surface area contributed by atoms with E-state index in [0.717, 1.165) is 4.90 Å². The number of hydrogen-bond donors (Lipinski definition) is 1. The molecular formula is C22H20N2O6. The predicted molar refractivity (Wildman–Crippen MR) is 107 cm³/mol. The van der Waals surface area contributed by atoms with E-state index in [-0.39, 0.29) is 12.3 Å². The standard InChI is InChI=1S/C22H20N2O6/c1-13(21(28)15-7-9-17(10-8-15)23-14(2)25)30-20(27)12-24-19(26)11-16-5-3-4-6-18(16)22(24)29/h3-10,13H,11-12H2,1-2H3,(H,23,25)/t13-/m0/s1. The van der Waals surface area contributed by atoms with E-state index in [2.05, 4.69) is 5.32 Å². The van der Waals surface area contributed by atoms with Gasteiger partial charge < -0.3 is 10.1 Å². The summed E-state index contributed by atoms with van der Waals surface area (Å²) in [6, 6.07) is 12.8. The van der Waals surface area contributed by atoms with Crippen LogP contribution in [-0.2, 0) is 25.5 Å². The number of carbonyl (C=O) groups is 5. The van der Waals surface area contributed by atoms with E-state index >= 15 is 0 Å². The van der Waals surface area contributed by atoms with Gasteiger partial charge in [-0.05, 0) is 42.8 Å². The van der Waals surface area contributed by atoms with E-state index < -0.39 is 36.2 Å². The molecule has 0 saturated carbocycles. The molecule has 3 amide bonds. The number of esters is 1. The Morgan fingerprint density at radius 2 is 1.73 bits per heavy atom. The Morgan fingerprint density at radius 1 is 1.07 bits per heavy atom. The molecular weight excluding hydrogens is 388 g/mol. The van der Waals surface area contributed by atoms with Crippen LogP contribution in [0.4, 0.5) is 5.69 Å². The van der Waals surface area contributed by atoms with Crippen LogP contribution in [0.15, 0.2) is 48.5 Å². The summed E-state index contributed by atoms with van der Waals surface area (Å²) in [6.45, 7) is 2.22. The summed E-state index contributed by atoms with van der Waals surface area (Å²) < 4.78 is 5.14. The molecule has 154 valence electrons. The number of amides is 3. The number of ether oxygens (including phenoxy) is 1. The van der Waals surface area contributed by atoms with Gasteiger partial charge >= 0.3 is 5.97 Å². The molecule has 1 N–H and O–H groups in total. The highest BCUT2D eigenvalue weighted by Crippen LogP contribution is 2.20. The van der Waals surface area contributed by atoms with Gasteiger partial charge in [0.25, 0.3) is 5.91 Å². The summed E-state index contributed by atoms with van der Waals surface area (Å²) in [7, 11) is 0. The zero-order valence-corrected chi connectivity index (χ0v) is 16.5. The number of nitrogens with one attached hydrogen (secondary N) is 1. The number of imide groups is 1. The van der Waals surface area contributed by atoms with E-state index in [4.69, 9.17) is 4.74 Å². The molecule has 0 saturated heterocycles. The summed E-state index contributed by atoms with van der Waals surface area (Å²) >= 11 is 0. The van der Waals surface area contributed by atoms with Crippen LogP contribution in [0.5, 0.6) is 0 Å². The Bertz CT molecular complexity index is 1030. The highest BCUT2D eigenvalue weighted by Gasteiger charge is 2.33. The van der Waals surface area contributed by atoms with Crippen molar-refractivity contribution >= 4 is 35.2 Å². The maximum Gasteiger partial charge on any atom is 0.326 e. The van der Waals surface area contributed by atoms with Gasteiger partial charge in [-0.3, -0.25) is 28.9 Å². The molecule has 0 unspecified atom stereocenters. The number of carbonyl (C=O) groups excluding carboxylic acids is 5. The zero-order valence-electron chi connectivity index (χ0n) is 16.5. The molecule has 0 aromatic heterocycles. The van der Waals surface area contributed by atoms with Crippen LogP contribution < -0.4 is 5.32 Å². The summed E-state index contributed by atoms with van der Waals surface area (Å²) in [5.41, 5.74) is 1.81. The maximum absolute atomic E-state index is 12.5. The molecule has 0 fully saturated rings. The first-order valence-corrected chi connectivity index (χ1v) is 9.30. The van der Waals surface area contributed by atoms with Crippen LogP contribution in [0, 0.1) is 0 Å². The van der Waals surface area contributed by atoms with E-state index in [1.54, 1.807) is 36.4 Å². The summed E-state index contributed by atoms with van der Waals surface area (Å²) in [5.74, 6) is -2.60. The third kappa shape index (κ3) is 4.60. The summed E-state index contributed by atoms with van der Waals surface area (Å²) in [4.78, 5) is 61.4. The van der Waals surface area contributed by atoms with Gasteiger partial charge in [0.1, 0.15) is 6.54 Å². The Hall–Kier alpha value is -3.81. The first-order valence-electron chi connectivity index (χ1n) is 9.30. The van der Waals surface area contributed by atoms with Gasteiger partial charge in [0.2, 0.25) is 17.6 Å². The predicted octanol–water partition coefficient (Wildman–Crippen LogP) is 1.98. The molecule has 8 heteroatoms. The molecule has 30 heavy (non-hydrogen) atoms. The van der Waals surface area contributed by atoms with Crippen LogP contribution in [0.1, 0.15) is 40.1 Å². The lowest BCUT2D eigenvalue weighted by atomic mass is 9.98. The van der Waals surface area contributed by atoms with E-state index in [1.165, 1.54) is 26.0 Å². The second-order valence-corrected chi connectivity index (χ2v) is 6.87. The number of anilines is 1. The van der Waals surface area contributed by atoms with Crippen LogP contribution in [0.2, 0.25) is 0 Å². The van der Waals surface area contributed by atoms with Crippen LogP contribution in [0.3, 0.4) is 0 Å². The molecule has 1 aliphatic rings. The Labute approximate surface area is 172 Å². The second-order valence-electron chi connectivity index (χ2n) is 6.87. The first-order chi connectivity index (χ1) is 14.3. The van der Waals surface area contributed by atoms with Crippen molar-refractivity contribution in [3.8, 4) is 0 Å². The molecule has 1 aliphatic heterocycles. The van der Waals surface area contributed by atoms with Crippen molar-refractivity contribution in [2.24, 2.45) is 0 Å². The van der Waals surface area contributed by atoms with Gasteiger partial charge in [-0.1, -0.05) is 18.2 Å². The highest BCUT2D eigenvalue weighted by molar-refractivity contribution is 6.11. The van der Waals surface area contributed by atoms with Gasteiger partial charge in [0.05, 0.1) is 6.42 Å². The summed E-state index contributed by atoms with van der Waals surface area (Å²) in [5, 5.41) is 2.59. The fourth-order valence-corrected chi connectivity index (χ4v) is 3.13. The molecule has 1 heterocycles.